The van der Waals surface area contributed by atoms with Crippen molar-refractivity contribution >= 4 is 17.5 Å². The van der Waals surface area contributed by atoms with E-state index < -0.39 is 0 Å². The Bertz CT molecular complexity index is 906. The van der Waals surface area contributed by atoms with Crippen molar-refractivity contribution in [3.8, 4) is 17.0 Å². The van der Waals surface area contributed by atoms with E-state index >= 15 is 0 Å². The van der Waals surface area contributed by atoms with E-state index in [9.17, 15) is 4.79 Å². The summed E-state index contributed by atoms with van der Waals surface area (Å²) in [5, 5.41) is 0.631. The largest absolute Gasteiger partial charge is 0.496 e. The summed E-state index contributed by atoms with van der Waals surface area (Å²) < 4.78 is 5.35. The molecule has 0 aliphatic heterocycles. The molecule has 1 heterocycles. The molecule has 0 fully saturated rings. The molecule has 1 aromatic heterocycles. The molecular formula is C22H23ClN2O2. The second-order valence-corrected chi connectivity index (χ2v) is 6.91. The summed E-state index contributed by atoms with van der Waals surface area (Å²) in [5.41, 5.74) is 4.15. The van der Waals surface area contributed by atoms with Gasteiger partial charge in [0, 0.05) is 42.0 Å². The van der Waals surface area contributed by atoms with Crippen molar-refractivity contribution in [1.82, 2.24) is 9.88 Å². The molecule has 0 spiro atoms. The van der Waals surface area contributed by atoms with E-state index in [4.69, 9.17) is 16.3 Å². The minimum atomic E-state index is 0.0767. The Morgan fingerprint density at radius 3 is 2.63 bits per heavy atom. The van der Waals surface area contributed by atoms with Crippen LogP contribution in [-0.4, -0.2) is 29.9 Å². The van der Waals surface area contributed by atoms with Crippen LogP contribution in [0.3, 0.4) is 0 Å². The van der Waals surface area contributed by atoms with Gasteiger partial charge in [0.25, 0.3) is 0 Å². The van der Waals surface area contributed by atoms with Crippen LogP contribution in [0.5, 0.6) is 5.75 Å². The highest BCUT2D eigenvalue weighted by Gasteiger charge is 2.13. The number of nitrogens with zero attached hydrogens (tertiary/aromatic N) is 1. The van der Waals surface area contributed by atoms with Crippen LogP contribution < -0.4 is 4.74 Å². The highest BCUT2D eigenvalue weighted by Crippen LogP contribution is 2.24. The van der Waals surface area contributed by atoms with Crippen LogP contribution in [0.2, 0.25) is 5.02 Å². The smallest absolute Gasteiger partial charge is 0.223 e. The molecule has 0 aliphatic carbocycles. The number of H-pyrrole nitrogens is 1. The summed E-state index contributed by atoms with van der Waals surface area (Å²) in [6.45, 7) is 0.461. The summed E-state index contributed by atoms with van der Waals surface area (Å²) >= 11 is 6.07. The number of aromatic nitrogens is 1. The third kappa shape index (κ3) is 4.92. The van der Waals surface area contributed by atoms with Gasteiger partial charge in [-0.1, -0.05) is 41.9 Å². The summed E-state index contributed by atoms with van der Waals surface area (Å²) in [4.78, 5) is 17.6. The number of carbonyl (C=O) groups is 1. The van der Waals surface area contributed by atoms with E-state index in [-0.39, 0.29) is 5.91 Å². The van der Waals surface area contributed by atoms with Gasteiger partial charge in [-0.15, -0.1) is 0 Å². The molecule has 0 atom stereocenters. The molecule has 140 valence electrons. The first-order valence-corrected chi connectivity index (χ1v) is 9.24. The monoisotopic (exact) mass is 382 g/mol. The number of halogens is 1. The summed E-state index contributed by atoms with van der Waals surface area (Å²) in [7, 11) is 3.41. The fourth-order valence-corrected chi connectivity index (χ4v) is 3.21. The maximum atomic E-state index is 12.5. The lowest BCUT2D eigenvalue weighted by Crippen LogP contribution is -2.26. The lowest BCUT2D eigenvalue weighted by molar-refractivity contribution is -0.130. The first-order chi connectivity index (χ1) is 13.1. The van der Waals surface area contributed by atoms with E-state index in [1.54, 1.807) is 25.1 Å². The fourth-order valence-electron chi connectivity index (χ4n) is 3.02. The van der Waals surface area contributed by atoms with Crippen molar-refractivity contribution in [3.63, 3.8) is 0 Å². The van der Waals surface area contributed by atoms with E-state index in [1.807, 2.05) is 36.4 Å². The molecule has 1 amide bonds. The van der Waals surface area contributed by atoms with E-state index in [1.165, 1.54) is 0 Å². The second kappa shape index (κ2) is 8.78. The van der Waals surface area contributed by atoms with Crippen molar-refractivity contribution in [2.45, 2.75) is 19.4 Å². The van der Waals surface area contributed by atoms with Crippen molar-refractivity contribution in [3.05, 3.63) is 76.9 Å². The van der Waals surface area contributed by atoms with Crippen LogP contribution >= 0.6 is 11.6 Å². The van der Waals surface area contributed by atoms with Gasteiger partial charge in [-0.25, -0.2) is 0 Å². The molecule has 5 heteroatoms. The van der Waals surface area contributed by atoms with Crippen molar-refractivity contribution in [2.75, 3.05) is 14.2 Å². The number of benzene rings is 2. The van der Waals surface area contributed by atoms with Crippen molar-refractivity contribution < 1.29 is 9.53 Å². The molecule has 2 aromatic carbocycles. The van der Waals surface area contributed by atoms with Crippen LogP contribution in [0.4, 0.5) is 0 Å². The number of hydrogen-bond donors (Lipinski definition) is 1. The molecule has 0 unspecified atom stereocenters. The molecule has 0 saturated carbocycles. The van der Waals surface area contributed by atoms with Crippen LogP contribution in [-0.2, 0) is 17.8 Å². The minimum Gasteiger partial charge on any atom is -0.496 e. The van der Waals surface area contributed by atoms with Crippen LogP contribution in [0.1, 0.15) is 17.7 Å². The van der Waals surface area contributed by atoms with Crippen molar-refractivity contribution in [1.29, 1.82) is 0 Å². The number of rotatable bonds is 7. The molecule has 0 saturated heterocycles. The molecule has 1 N–H and O–H groups in total. The third-order valence-electron chi connectivity index (χ3n) is 4.52. The third-order valence-corrected chi connectivity index (χ3v) is 4.75. The van der Waals surface area contributed by atoms with Crippen LogP contribution in [0, 0.1) is 0 Å². The lowest BCUT2D eigenvalue weighted by atomic mass is 10.1. The maximum absolute atomic E-state index is 12.5. The average Bonchev–Trinajstić information content (AvgIpc) is 3.16. The van der Waals surface area contributed by atoms with Gasteiger partial charge < -0.3 is 14.6 Å². The van der Waals surface area contributed by atoms with Gasteiger partial charge in [0.05, 0.1) is 7.11 Å². The van der Waals surface area contributed by atoms with Gasteiger partial charge in [-0.05, 0) is 42.3 Å². The summed E-state index contributed by atoms with van der Waals surface area (Å²) in [5.74, 6) is 0.809. The summed E-state index contributed by atoms with van der Waals surface area (Å²) in [6.07, 6.45) is 1.11. The Morgan fingerprint density at radius 1 is 1.11 bits per heavy atom. The summed E-state index contributed by atoms with van der Waals surface area (Å²) in [6, 6.07) is 19.7. The van der Waals surface area contributed by atoms with E-state index in [2.05, 4.69) is 23.2 Å². The Hall–Kier alpha value is -2.72. The lowest BCUT2D eigenvalue weighted by Gasteiger charge is -2.19. The van der Waals surface area contributed by atoms with Gasteiger partial charge >= 0.3 is 0 Å². The topological polar surface area (TPSA) is 45.3 Å². The average molecular weight is 383 g/mol. The highest BCUT2D eigenvalue weighted by molar-refractivity contribution is 6.30. The van der Waals surface area contributed by atoms with Crippen LogP contribution in [0.25, 0.3) is 11.3 Å². The van der Waals surface area contributed by atoms with Crippen LogP contribution in [0.15, 0.2) is 60.7 Å². The fraction of sp³-hybridized carbons (Fsp3) is 0.227. The predicted molar refractivity (Wildman–Crippen MR) is 109 cm³/mol. The number of aromatic amines is 1. The Balaban J connectivity index is 1.58. The zero-order valence-corrected chi connectivity index (χ0v) is 16.3. The van der Waals surface area contributed by atoms with Gasteiger partial charge in [0.15, 0.2) is 0 Å². The molecule has 0 radical (unpaired) electrons. The molecular weight excluding hydrogens is 360 g/mol. The number of ether oxygens (including phenoxy) is 1. The molecule has 4 nitrogen and oxygen atoms in total. The first-order valence-electron chi connectivity index (χ1n) is 8.86. The standard InChI is InChI=1S/C22H23ClN2O2/c1-25(15-17-14-18(23)8-12-21(17)27-2)22(26)13-10-19-9-11-20(24-19)16-6-4-3-5-7-16/h3-9,11-12,14,24H,10,13,15H2,1-2H3. The number of carbonyl (C=O) groups excluding carboxylic acids is 1. The van der Waals surface area contributed by atoms with Gasteiger partial charge in [0.2, 0.25) is 5.91 Å². The number of hydrogen-bond acceptors (Lipinski definition) is 2. The van der Waals surface area contributed by atoms with Gasteiger partial charge in [0.1, 0.15) is 5.75 Å². The quantitative estimate of drug-likeness (QED) is 0.629. The Morgan fingerprint density at radius 2 is 1.89 bits per heavy atom. The van der Waals surface area contributed by atoms with Crippen molar-refractivity contribution in [2.24, 2.45) is 0 Å². The molecule has 0 aliphatic rings. The number of methoxy groups -OCH3 is 1. The molecule has 3 aromatic rings. The number of aryl methyl sites for hydroxylation is 1. The molecule has 0 bridgehead atoms. The van der Waals surface area contributed by atoms with E-state index in [0.29, 0.717) is 24.4 Å². The number of nitrogens with one attached hydrogen (secondary N) is 1. The normalized spacial score (nSPS) is 10.6. The Kier molecular flexibility index (Phi) is 6.20. The Labute approximate surface area is 164 Å². The SMILES string of the molecule is COc1ccc(Cl)cc1CN(C)C(=O)CCc1ccc(-c2ccccc2)[nH]1. The first kappa shape index (κ1) is 19.1. The van der Waals surface area contributed by atoms with Gasteiger partial charge in [-0.2, -0.15) is 0 Å². The maximum Gasteiger partial charge on any atom is 0.223 e. The van der Waals surface area contributed by atoms with Gasteiger partial charge in [-0.3, -0.25) is 4.79 Å². The number of amides is 1. The van der Waals surface area contributed by atoms with E-state index in [0.717, 1.165) is 28.3 Å². The molecule has 3 rings (SSSR count). The second-order valence-electron chi connectivity index (χ2n) is 6.47. The predicted octanol–water partition coefficient (Wildman–Crippen LogP) is 4.93. The highest BCUT2D eigenvalue weighted by atomic mass is 35.5. The molecule has 27 heavy (non-hydrogen) atoms. The minimum absolute atomic E-state index is 0.0767. The zero-order valence-electron chi connectivity index (χ0n) is 15.5. The zero-order chi connectivity index (χ0) is 19.2.